The highest BCUT2D eigenvalue weighted by Gasteiger charge is 2.32. The van der Waals surface area contributed by atoms with Crippen LogP contribution in [0.3, 0.4) is 0 Å². The van der Waals surface area contributed by atoms with Crippen molar-refractivity contribution in [3.05, 3.63) is 0 Å². The lowest BCUT2D eigenvalue weighted by molar-refractivity contribution is -0.155. The summed E-state index contributed by atoms with van der Waals surface area (Å²) in [5, 5.41) is 9.10. The van der Waals surface area contributed by atoms with E-state index in [0.29, 0.717) is 12.6 Å². The van der Waals surface area contributed by atoms with Crippen LogP contribution in [0.5, 0.6) is 0 Å². The van der Waals surface area contributed by atoms with Gasteiger partial charge in [0.05, 0.1) is 12.7 Å². The summed E-state index contributed by atoms with van der Waals surface area (Å²) in [6, 6.07) is 0.336. The average Bonchev–Trinajstić information content (AvgIpc) is 2.39. The number of hydrogen-bond donors (Lipinski definition) is 1. The Morgan fingerprint density at radius 1 is 1.41 bits per heavy atom. The van der Waals surface area contributed by atoms with Gasteiger partial charge in [0.15, 0.2) is 0 Å². The predicted octanol–water partition coefficient (Wildman–Crippen LogP) is -0.310. The number of morpholine rings is 1. The van der Waals surface area contributed by atoms with Crippen molar-refractivity contribution in [1.82, 2.24) is 9.80 Å². The molecule has 98 valence electrons. The van der Waals surface area contributed by atoms with Crippen molar-refractivity contribution in [3.63, 3.8) is 0 Å². The summed E-state index contributed by atoms with van der Waals surface area (Å²) in [6.07, 6.45) is 1.88. The van der Waals surface area contributed by atoms with Gasteiger partial charge < -0.3 is 19.6 Å². The van der Waals surface area contributed by atoms with Gasteiger partial charge in [-0.1, -0.05) is 6.92 Å². The zero-order chi connectivity index (χ0) is 12.3. The molecule has 0 aromatic heterocycles. The number of carbonyl (C=O) groups excluding carboxylic acids is 1. The van der Waals surface area contributed by atoms with Gasteiger partial charge in [0.25, 0.3) is 0 Å². The fraction of sp³-hybridized carbons (Fsp3) is 0.917. The van der Waals surface area contributed by atoms with E-state index in [0.717, 1.165) is 32.5 Å². The zero-order valence-electron chi connectivity index (χ0n) is 10.5. The van der Waals surface area contributed by atoms with Crippen LogP contribution in [0, 0.1) is 0 Å². The zero-order valence-corrected chi connectivity index (χ0v) is 10.5. The molecular formula is C12H22N2O3. The van der Waals surface area contributed by atoms with Gasteiger partial charge in [-0.05, 0) is 19.4 Å². The third-order valence-corrected chi connectivity index (χ3v) is 3.81. The number of carbonyl (C=O) groups is 1. The first-order chi connectivity index (χ1) is 8.24. The van der Waals surface area contributed by atoms with Crippen LogP contribution >= 0.6 is 0 Å². The van der Waals surface area contributed by atoms with Crippen LogP contribution in [-0.4, -0.2) is 72.4 Å². The molecule has 1 amide bonds. The van der Waals surface area contributed by atoms with E-state index < -0.39 is 0 Å². The Balaban J connectivity index is 1.90. The molecule has 0 aliphatic carbocycles. The molecule has 17 heavy (non-hydrogen) atoms. The van der Waals surface area contributed by atoms with Crippen molar-refractivity contribution in [2.75, 3.05) is 39.4 Å². The Hall–Kier alpha value is -0.650. The number of likely N-dealkylation sites (tertiary alicyclic amines) is 1. The average molecular weight is 242 g/mol. The highest BCUT2D eigenvalue weighted by molar-refractivity contribution is 5.78. The Labute approximate surface area is 102 Å². The van der Waals surface area contributed by atoms with Crippen LogP contribution in [0.25, 0.3) is 0 Å². The van der Waals surface area contributed by atoms with Crippen LogP contribution in [0.4, 0.5) is 0 Å². The van der Waals surface area contributed by atoms with E-state index >= 15 is 0 Å². The Kier molecular flexibility index (Phi) is 4.36. The molecule has 0 aromatic carbocycles. The fourth-order valence-electron chi connectivity index (χ4n) is 2.66. The summed E-state index contributed by atoms with van der Waals surface area (Å²) in [6.45, 7) is 6.05. The normalized spacial score (nSPS) is 28.7. The van der Waals surface area contributed by atoms with E-state index in [4.69, 9.17) is 9.84 Å². The van der Waals surface area contributed by atoms with Crippen molar-refractivity contribution in [2.24, 2.45) is 0 Å². The molecule has 2 aliphatic heterocycles. The summed E-state index contributed by atoms with van der Waals surface area (Å²) < 4.78 is 5.25. The molecule has 2 fully saturated rings. The lowest BCUT2D eigenvalue weighted by atomic mass is 10.0. The number of nitrogens with zero attached hydrogens (tertiary/aromatic N) is 2. The van der Waals surface area contributed by atoms with Crippen molar-refractivity contribution >= 4 is 5.91 Å². The minimum atomic E-state index is -0.197. The number of rotatable bonds is 3. The van der Waals surface area contributed by atoms with E-state index in [1.165, 1.54) is 0 Å². The molecule has 1 unspecified atom stereocenters. The minimum absolute atomic E-state index is 0.00240. The van der Waals surface area contributed by atoms with Gasteiger partial charge in [0, 0.05) is 25.7 Å². The predicted molar refractivity (Wildman–Crippen MR) is 63.7 cm³/mol. The molecule has 2 heterocycles. The first-order valence-corrected chi connectivity index (χ1v) is 6.49. The molecule has 2 saturated heterocycles. The maximum atomic E-state index is 11.8. The van der Waals surface area contributed by atoms with Gasteiger partial charge in [-0.15, -0.1) is 0 Å². The first-order valence-electron chi connectivity index (χ1n) is 6.49. The number of ether oxygens (including phenoxy) is 1. The number of piperidine rings is 1. The summed E-state index contributed by atoms with van der Waals surface area (Å²) in [5.41, 5.74) is 0. The Bertz CT molecular complexity index is 264. The van der Waals surface area contributed by atoms with Crippen LogP contribution in [-0.2, 0) is 9.53 Å². The highest BCUT2D eigenvalue weighted by atomic mass is 16.5. The van der Waals surface area contributed by atoms with Gasteiger partial charge in [-0.2, -0.15) is 0 Å². The van der Waals surface area contributed by atoms with Gasteiger partial charge >= 0.3 is 0 Å². The number of amides is 1. The van der Waals surface area contributed by atoms with Gasteiger partial charge in [0.1, 0.15) is 6.61 Å². The van der Waals surface area contributed by atoms with Crippen LogP contribution < -0.4 is 0 Å². The van der Waals surface area contributed by atoms with Crippen molar-refractivity contribution < 1.29 is 14.6 Å². The van der Waals surface area contributed by atoms with Gasteiger partial charge in [-0.3, -0.25) is 4.79 Å². The number of hydrogen-bond acceptors (Lipinski definition) is 4. The van der Waals surface area contributed by atoms with E-state index in [1.54, 1.807) is 0 Å². The summed E-state index contributed by atoms with van der Waals surface area (Å²) in [7, 11) is 0. The molecule has 0 spiro atoms. The second-order valence-corrected chi connectivity index (χ2v) is 4.83. The van der Waals surface area contributed by atoms with Gasteiger partial charge in [0.2, 0.25) is 5.91 Å². The van der Waals surface area contributed by atoms with Crippen molar-refractivity contribution in [2.45, 2.75) is 31.9 Å². The lowest BCUT2D eigenvalue weighted by Crippen LogP contribution is -2.55. The molecule has 5 nitrogen and oxygen atoms in total. The monoisotopic (exact) mass is 242 g/mol. The molecule has 0 bridgehead atoms. The lowest BCUT2D eigenvalue weighted by Gasteiger charge is -2.41. The minimum Gasteiger partial charge on any atom is -0.394 e. The molecule has 1 N–H and O–H groups in total. The largest absolute Gasteiger partial charge is 0.394 e. The second kappa shape index (κ2) is 5.80. The smallest absolute Gasteiger partial charge is 0.248 e. The van der Waals surface area contributed by atoms with Crippen LogP contribution in [0.2, 0.25) is 0 Å². The van der Waals surface area contributed by atoms with E-state index in [1.807, 2.05) is 4.90 Å². The SMILES string of the molecule is CCN1CCC(N2CC(CO)OCC2=O)CC1. The van der Waals surface area contributed by atoms with E-state index in [-0.39, 0.29) is 25.2 Å². The molecule has 2 aliphatic rings. The standard InChI is InChI=1S/C12H22N2O3/c1-2-13-5-3-10(4-6-13)14-7-11(8-15)17-9-12(14)16/h10-11,15H,2-9H2,1H3. The Morgan fingerprint density at radius 3 is 2.71 bits per heavy atom. The summed E-state index contributed by atoms with van der Waals surface area (Å²) in [4.78, 5) is 16.1. The highest BCUT2D eigenvalue weighted by Crippen LogP contribution is 2.19. The third-order valence-electron chi connectivity index (χ3n) is 3.81. The molecule has 5 heteroatoms. The molecule has 0 aromatic rings. The topological polar surface area (TPSA) is 53.0 Å². The van der Waals surface area contributed by atoms with Gasteiger partial charge in [-0.25, -0.2) is 0 Å². The van der Waals surface area contributed by atoms with Crippen LogP contribution in [0.1, 0.15) is 19.8 Å². The molecule has 2 rings (SSSR count). The van der Waals surface area contributed by atoms with E-state index in [9.17, 15) is 4.79 Å². The number of aliphatic hydroxyl groups excluding tert-OH is 1. The van der Waals surface area contributed by atoms with Crippen molar-refractivity contribution in [3.8, 4) is 0 Å². The van der Waals surface area contributed by atoms with E-state index in [2.05, 4.69) is 11.8 Å². The number of aliphatic hydroxyl groups is 1. The van der Waals surface area contributed by atoms with Crippen molar-refractivity contribution in [1.29, 1.82) is 0 Å². The maximum absolute atomic E-state index is 11.8. The molecule has 1 atom stereocenters. The fourth-order valence-corrected chi connectivity index (χ4v) is 2.66. The summed E-state index contributed by atoms with van der Waals surface area (Å²) in [5.74, 6) is 0.0737. The molecular weight excluding hydrogens is 220 g/mol. The quantitative estimate of drug-likeness (QED) is 0.737. The first kappa shape index (κ1) is 12.8. The van der Waals surface area contributed by atoms with Crippen LogP contribution in [0.15, 0.2) is 0 Å². The molecule has 0 saturated carbocycles. The summed E-state index contributed by atoms with van der Waals surface area (Å²) >= 11 is 0. The second-order valence-electron chi connectivity index (χ2n) is 4.83. The maximum Gasteiger partial charge on any atom is 0.248 e. The molecule has 0 radical (unpaired) electrons. The Morgan fingerprint density at radius 2 is 2.12 bits per heavy atom. The third kappa shape index (κ3) is 2.97.